The minimum atomic E-state index is 0.0231. The van der Waals surface area contributed by atoms with Crippen LogP contribution in [-0.2, 0) is 12.8 Å². The molecule has 102 valence electrons. The molecular formula is C14H19N3OS. The van der Waals surface area contributed by atoms with Crippen molar-refractivity contribution >= 4 is 11.3 Å². The summed E-state index contributed by atoms with van der Waals surface area (Å²) in [6.45, 7) is 2.12. The fourth-order valence-corrected chi connectivity index (χ4v) is 2.87. The van der Waals surface area contributed by atoms with Crippen molar-refractivity contribution in [3.05, 3.63) is 45.9 Å². The van der Waals surface area contributed by atoms with Crippen LogP contribution in [0.15, 0.2) is 29.8 Å². The van der Waals surface area contributed by atoms with E-state index in [1.807, 2.05) is 17.6 Å². The number of nitrogens with zero attached hydrogens (tertiary/aromatic N) is 1. The van der Waals surface area contributed by atoms with Crippen molar-refractivity contribution in [2.75, 3.05) is 7.11 Å². The number of rotatable bonds is 6. The predicted octanol–water partition coefficient (Wildman–Crippen LogP) is 2.46. The van der Waals surface area contributed by atoms with Crippen molar-refractivity contribution in [1.82, 2.24) is 10.4 Å². The lowest BCUT2D eigenvalue weighted by Crippen LogP contribution is -2.29. The van der Waals surface area contributed by atoms with E-state index in [4.69, 9.17) is 10.6 Å². The van der Waals surface area contributed by atoms with Crippen molar-refractivity contribution in [2.24, 2.45) is 5.84 Å². The van der Waals surface area contributed by atoms with E-state index in [1.165, 1.54) is 5.56 Å². The third kappa shape index (κ3) is 3.32. The third-order valence-electron chi connectivity index (χ3n) is 3.10. The van der Waals surface area contributed by atoms with E-state index in [0.717, 1.165) is 29.2 Å². The number of nitrogens with one attached hydrogen (secondary N) is 1. The molecule has 2 heterocycles. The SMILES string of the molecule is CCc1ccc(CC(NN)c2sccc2OC)nc1. The molecule has 5 heteroatoms. The second-order valence-electron chi connectivity index (χ2n) is 4.29. The van der Waals surface area contributed by atoms with Gasteiger partial charge in [-0.25, -0.2) is 0 Å². The zero-order chi connectivity index (χ0) is 13.7. The van der Waals surface area contributed by atoms with Gasteiger partial charge < -0.3 is 4.74 Å². The van der Waals surface area contributed by atoms with E-state index in [1.54, 1.807) is 18.4 Å². The van der Waals surface area contributed by atoms with Gasteiger partial charge in [0.05, 0.1) is 18.0 Å². The molecule has 0 aromatic carbocycles. The summed E-state index contributed by atoms with van der Waals surface area (Å²) >= 11 is 1.64. The van der Waals surface area contributed by atoms with Gasteiger partial charge in [0, 0.05) is 18.3 Å². The van der Waals surface area contributed by atoms with E-state index in [9.17, 15) is 0 Å². The lowest BCUT2D eigenvalue weighted by Gasteiger charge is -2.15. The molecule has 0 amide bonds. The Kier molecular flexibility index (Phi) is 4.90. The molecule has 19 heavy (non-hydrogen) atoms. The zero-order valence-corrected chi connectivity index (χ0v) is 12.0. The van der Waals surface area contributed by atoms with Gasteiger partial charge in [0.25, 0.3) is 0 Å². The Morgan fingerprint density at radius 3 is 2.84 bits per heavy atom. The maximum atomic E-state index is 5.66. The highest BCUT2D eigenvalue weighted by Crippen LogP contribution is 2.32. The van der Waals surface area contributed by atoms with Crippen LogP contribution in [0.5, 0.6) is 5.75 Å². The molecule has 0 spiro atoms. The van der Waals surface area contributed by atoms with Crippen molar-refractivity contribution in [3.8, 4) is 5.75 Å². The van der Waals surface area contributed by atoms with Gasteiger partial charge in [-0.2, -0.15) is 0 Å². The van der Waals surface area contributed by atoms with Gasteiger partial charge in [-0.3, -0.25) is 16.3 Å². The van der Waals surface area contributed by atoms with E-state index >= 15 is 0 Å². The second kappa shape index (κ2) is 6.65. The van der Waals surface area contributed by atoms with E-state index < -0.39 is 0 Å². The minimum absolute atomic E-state index is 0.0231. The van der Waals surface area contributed by atoms with Crippen molar-refractivity contribution in [1.29, 1.82) is 0 Å². The predicted molar refractivity (Wildman–Crippen MR) is 78.3 cm³/mol. The first-order chi connectivity index (χ1) is 9.28. The van der Waals surface area contributed by atoms with Crippen molar-refractivity contribution in [3.63, 3.8) is 0 Å². The smallest absolute Gasteiger partial charge is 0.134 e. The number of methoxy groups -OCH3 is 1. The Balaban J connectivity index is 2.14. The molecule has 4 nitrogen and oxygen atoms in total. The van der Waals surface area contributed by atoms with Gasteiger partial charge in [0.15, 0.2) is 0 Å². The summed E-state index contributed by atoms with van der Waals surface area (Å²) in [4.78, 5) is 5.57. The van der Waals surface area contributed by atoms with Crippen LogP contribution < -0.4 is 16.0 Å². The number of thiophene rings is 1. The minimum Gasteiger partial charge on any atom is -0.496 e. The van der Waals surface area contributed by atoms with E-state index in [2.05, 4.69) is 29.5 Å². The summed E-state index contributed by atoms with van der Waals surface area (Å²) in [5.41, 5.74) is 5.12. The second-order valence-corrected chi connectivity index (χ2v) is 5.24. The highest BCUT2D eigenvalue weighted by Gasteiger charge is 2.17. The maximum absolute atomic E-state index is 5.66. The number of hydrogen-bond acceptors (Lipinski definition) is 5. The maximum Gasteiger partial charge on any atom is 0.134 e. The van der Waals surface area contributed by atoms with Crippen LogP contribution in [-0.4, -0.2) is 12.1 Å². The molecule has 1 unspecified atom stereocenters. The van der Waals surface area contributed by atoms with Gasteiger partial charge in [0.2, 0.25) is 0 Å². The standard InChI is InChI=1S/C14H19N3OS/c1-3-10-4-5-11(16-9-10)8-12(17-15)14-13(18-2)6-7-19-14/h4-7,9,12,17H,3,8,15H2,1-2H3. The average Bonchev–Trinajstić information content (AvgIpc) is 2.93. The van der Waals surface area contributed by atoms with Crippen molar-refractivity contribution in [2.45, 2.75) is 25.8 Å². The number of nitrogens with two attached hydrogens (primary N) is 1. The summed E-state index contributed by atoms with van der Waals surface area (Å²) in [6.07, 6.45) is 3.68. The molecular weight excluding hydrogens is 258 g/mol. The zero-order valence-electron chi connectivity index (χ0n) is 11.2. The molecule has 1 atom stereocenters. The first-order valence-corrected chi connectivity index (χ1v) is 7.17. The summed E-state index contributed by atoms with van der Waals surface area (Å²) < 4.78 is 5.34. The molecule has 0 saturated heterocycles. The highest BCUT2D eigenvalue weighted by atomic mass is 32.1. The number of aromatic nitrogens is 1. The van der Waals surface area contributed by atoms with Crippen LogP contribution in [0.1, 0.15) is 29.1 Å². The Labute approximate surface area is 117 Å². The van der Waals surface area contributed by atoms with Crippen LogP contribution in [0.2, 0.25) is 0 Å². The van der Waals surface area contributed by atoms with Gasteiger partial charge in [-0.05, 0) is 29.5 Å². The normalized spacial score (nSPS) is 12.4. The van der Waals surface area contributed by atoms with Gasteiger partial charge in [0.1, 0.15) is 5.75 Å². The quantitative estimate of drug-likeness (QED) is 0.629. The van der Waals surface area contributed by atoms with Crippen LogP contribution in [0.3, 0.4) is 0 Å². The van der Waals surface area contributed by atoms with Gasteiger partial charge in [-0.1, -0.05) is 13.0 Å². The molecule has 2 rings (SSSR count). The van der Waals surface area contributed by atoms with Crippen LogP contribution >= 0.6 is 11.3 Å². The average molecular weight is 277 g/mol. The molecule has 0 bridgehead atoms. The third-order valence-corrected chi connectivity index (χ3v) is 4.11. The van der Waals surface area contributed by atoms with Crippen LogP contribution in [0, 0.1) is 0 Å². The molecule has 0 saturated carbocycles. The first kappa shape index (κ1) is 14.0. The highest BCUT2D eigenvalue weighted by molar-refractivity contribution is 7.10. The van der Waals surface area contributed by atoms with Gasteiger partial charge in [-0.15, -0.1) is 11.3 Å². The summed E-state index contributed by atoms with van der Waals surface area (Å²) in [5.74, 6) is 6.54. The van der Waals surface area contributed by atoms with Crippen LogP contribution in [0.25, 0.3) is 0 Å². The summed E-state index contributed by atoms with van der Waals surface area (Å²) in [6, 6.07) is 6.15. The molecule has 0 radical (unpaired) electrons. The number of ether oxygens (including phenoxy) is 1. The lowest BCUT2D eigenvalue weighted by molar-refractivity contribution is 0.403. The molecule has 0 fully saturated rings. The Bertz CT molecular complexity index is 510. The number of hydrazine groups is 1. The monoisotopic (exact) mass is 277 g/mol. The van der Waals surface area contributed by atoms with Crippen molar-refractivity contribution < 1.29 is 4.74 Å². The molecule has 3 N–H and O–H groups in total. The fourth-order valence-electron chi connectivity index (χ4n) is 1.95. The largest absolute Gasteiger partial charge is 0.496 e. The Hall–Kier alpha value is -1.43. The summed E-state index contributed by atoms with van der Waals surface area (Å²) in [7, 11) is 1.67. The molecule has 0 aliphatic heterocycles. The fraction of sp³-hybridized carbons (Fsp3) is 0.357. The van der Waals surface area contributed by atoms with Crippen LogP contribution in [0.4, 0.5) is 0 Å². The van der Waals surface area contributed by atoms with E-state index in [-0.39, 0.29) is 6.04 Å². The molecule has 0 aliphatic carbocycles. The topological polar surface area (TPSA) is 60.2 Å². The van der Waals surface area contributed by atoms with E-state index in [0.29, 0.717) is 0 Å². The number of pyridine rings is 1. The summed E-state index contributed by atoms with van der Waals surface area (Å²) in [5, 5.41) is 2.01. The Morgan fingerprint density at radius 1 is 1.42 bits per heavy atom. The molecule has 2 aromatic rings. The van der Waals surface area contributed by atoms with Gasteiger partial charge >= 0.3 is 0 Å². The number of aryl methyl sites for hydroxylation is 1. The molecule has 0 aliphatic rings. The first-order valence-electron chi connectivity index (χ1n) is 6.29. The number of hydrogen-bond donors (Lipinski definition) is 2. The Morgan fingerprint density at radius 2 is 2.26 bits per heavy atom. The lowest BCUT2D eigenvalue weighted by atomic mass is 10.1. The molecule has 2 aromatic heterocycles.